The molecule has 0 aromatic rings. The molecule has 7 heteroatoms. The van der Waals surface area contributed by atoms with Crippen LogP contribution in [0.2, 0.25) is 0 Å². The van der Waals surface area contributed by atoms with Crippen LogP contribution < -0.4 is 16.0 Å². The van der Waals surface area contributed by atoms with Crippen LogP contribution >= 0.6 is 0 Å². The van der Waals surface area contributed by atoms with Crippen LogP contribution in [0.4, 0.5) is 0 Å². The Kier molecular flexibility index (Phi) is 6.98. The molecular weight excluding hydrogens is 270 g/mol. The van der Waals surface area contributed by atoms with E-state index in [0.29, 0.717) is 18.9 Å². The molecule has 1 aliphatic rings. The fourth-order valence-corrected chi connectivity index (χ4v) is 2.25. The molecule has 0 aliphatic carbocycles. The maximum absolute atomic E-state index is 11.6. The molecule has 0 spiro atoms. The van der Waals surface area contributed by atoms with Gasteiger partial charge in [-0.15, -0.1) is 0 Å². The summed E-state index contributed by atoms with van der Waals surface area (Å²) in [6.45, 7) is 7.35. The van der Waals surface area contributed by atoms with E-state index < -0.39 is 0 Å². The summed E-state index contributed by atoms with van der Waals surface area (Å²) in [5.74, 6) is 0.699. The normalized spacial score (nSPS) is 18.8. The fourth-order valence-electron chi connectivity index (χ4n) is 2.25. The molecule has 0 aromatic heterocycles. The van der Waals surface area contributed by atoms with Gasteiger partial charge in [-0.25, -0.2) is 0 Å². The second-order valence-electron chi connectivity index (χ2n) is 5.47. The molecule has 0 radical (unpaired) electrons. The Labute approximate surface area is 126 Å². The maximum Gasteiger partial charge on any atom is 0.239 e. The zero-order valence-corrected chi connectivity index (χ0v) is 13.4. The molecule has 1 fully saturated rings. The van der Waals surface area contributed by atoms with Gasteiger partial charge in [-0.1, -0.05) is 6.92 Å². The van der Waals surface area contributed by atoms with Crippen molar-refractivity contribution in [2.75, 3.05) is 26.7 Å². The van der Waals surface area contributed by atoms with Gasteiger partial charge in [0, 0.05) is 38.6 Å². The second kappa shape index (κ2) is 8.49. The van der Waals surface area contributed by atoms with E-state index in [1.165, 1.54) is 0 Å². The number of rotatable bonds is 5. The smallest absolute Gasteiger partial charge is 0.239 e. The summed E-state index contributed by atoms with van der Waals surface area (Å²) in [5, 5.41) is 9.04. The van der Waals surface area contributed by atoms with E-state index in [0.717, 1.165) is 13.0 Å². The number of guanidine groups is 1. The zero-order chi connectivity index (χ0) is 15.8. The van der Waals surface area contributed by atoms with Gasteiger partial charge < -0.3 is 20.9 Å². The second-order valence-corrected chi connectivity index (χ2v) is 5.47. The lowest BCUT2D eigenvalue weighted by Gasteiger charge is -2.18. The molecule has 7 nitrogen and oxygen atoms in total. The Morgan fingerprint density at radius 2 is 2.10 bits per heavy atom. The van der Waals surface area contributed by atoms with E-state index in [4.69, 9.17) is 0 Å². The van der Waals surface area contributed by atoms with Crippen LogP contribution in [0.15, 0.2) is 4.99 Å². The third kappa shape index (κ3) is 6.01. The molecule has 1 rings (SSSR count). The summed E-state index contributed by atoms with van der Waals surface area (Å²) in [7, 11) is 1.67. The summed E-state index contributed by atoms with van der Waals surface area (Å²) in [6, 6.07) is 0.303. The van der Waals surface area contributed by atoms with Crippen LogP contribution in [0, 0.1) is 0 Å². The van der Waals surface area contributed by atoms with Gasteiger partial charge in [0.25, 0.3) is 0 Å². The predicted molar refractivity (Wildman–Crippen MR) is 83.1 cm³/mol. The number of hydrogen-bond acceptors (Lipinski definition) is 3. The SMILES string of the molecule is CCC(=O)N1CCC(NC(=NC)NCC(=O)NC(C)C)C1. The van der Waals surface area contributed by atoms with Crippen LogP contribution in [0.1, 0.15) is 33.6 Å². The van der Waals surface area contributed by atoms with Crippen LogP contribution in [-0.2, 0) is 9.59 Å². The standard InChI is InChI=1S/C14H27N5O2/c1-5-13(21)19-7-6-11(9-19)18-14(15-4)16-8-12(20)17-10(2)3/h10-11H,5-9H2,1-4H3,(H,17,20)(H2,15,16,18). The lowest BCUT2D eigenvalue weighted by atomic mass is 10.3. The molecule has 1 unspecified atom stereocenters. The first-order valence-corrected chi connectivity index (χ1v) is 7.50. The first-order valence-electron chi connectivity index (χ1n) is 7.50. The largest absolute Gasteiger partial charge is 0.352 e. The van der Waals surface area contributed by atoms with Gasteiger partial charge in [0.1, 0.15) is 0 Å². The number of aliphatic imine (C=N–C) groups is 1. The van der Waals surface area contributed by atoms with Crippen molar-refractivity contribution in [1.82, 2.24) is 20.9 Å². The number of amides is 2. The summed E-state index contributed by atoms with van der Waals surface area (Å²) in [6.07, 6.45) is 1.43. The zero-order valence-electron chi connectivity index (χ0n) is 13.4. The van der Waals surface area contributed by atoms with Gasteiger partial charge in [0.2, 0.25) is 11.8 Å². The number of carbonyl (C=O) groups is 2. The molecule has 1 heterocycles. The Morgan fingerprint density at radius 3 is 2.67 bits per heavy atom. The molecular formula is C14H27N5O2. The van der Waals surface area contributed by atoms with E-state index in [9.17, 15) is 9.59 Å². The first kappa shape index (κ1) is 17.3. The molecule has 1 aliphatic heterocycles. The topological polar surface area (TPSA) is 85.8 Å². The Morgan fingerprint density at radius 1 is 1.38 bits per heavy atom. The maximum atomic E-state index is 11.6. The Balaban J connectivity index is 2.35. The van der Waals surface area contributed by atoms with E-state index >= 15 is 0 Å². The Hall–Kier alpha value is -1.79. The fraction of sp³-hybridized carbons (Fsp3) is 0.786. The van der Waals surface area contributed by atoms with Gasteiger partial charge in [-0.05, 0) is 20.3 Å². The minimum atomic E-state index is -0.0674. The van der Waals surface area contributed by atoms with Gasteiger partial charge >= 0.3 is 0 Å². The molecule has 0 aromatic carbocycles. The van der Waals surface area contributed by atoms with Crippen molar-refractivity contribution in [1.29, 1.82) is 0 Å². The number of likely N-dealkylation sites (tertiary alicyclic amines) is 1. The van der Waals surface area contributed by atoms with Crippen molar-refractivity contribution in [2.24, 2.45) is 4.99 Å². The quantitative estimate of drug-likeness (QED) is 0.480. The van der Waals surface area contributed by atoms with Crippen LogP contribution in [0.5, 0.6) is 0 Å². The molecule has 120 valence electrons. The van der Waals surface area contributed by atoms with Crippen molar-refractivity contribution < 1.29 is 9.59 Å². The van der Waals surface area contributed by atoms with E-state index in [1.54, 1.807) is 7.05 Å². The minimum Gasteiger partial charge on any atom is -0.352 e. The van der Waals surface area contributed by atoms with Crippen molar-refractivity contribution in [3.8, 4) is 0 Å². The summed E-state index contributed by atoms with van der Waals surface area (Å²) in [4.78, 5) is 29.2. The highest BCUT2D eigenvalue weighted by molar-refractivity contribution is 5.86. The average molecular weight is 297 g/mol. The average Bonchev–Trinajstić information content (AvgIpc) is 2.90. The van der Waals surface area contributed by atoms with Crippen LogP contribution in [0.3, 0.4) is 0 Å². The van der Waals surface area contributed by atoms with Crippen molar-refractivity contribution in [2.45, 2.75) is 45.7 Å². The Bertz CT molecular complexity index is 395. The summed E-state index contributed by atoms with van der Waals surface area (Å²) >= 11 is 0. The highest BCUT2D eigenvalue weighted by atomic mass is 16.2. The number of nitrogens with zero attached hydrogens (tertiary/aromatic N) is 2. The number of carbonyl (C=O) groups excluding carboxylic acids is 2. The molecule has 3 N–H and O–H groups in total. The minimum absolute atomic E-state index is 0.0674. The number of hydrogen-bond donors (Lipinski definition) is 3. The van der Waals surface area contributed by atoms with Crippen molar-refractivity contribution in [3.63, 3.8) is 0 Å². The molecule has 0 bridgehead atoms. The van der Waals surface area contributed by atoms with E-state index in [2.05, 4.69) is 20.9 Å². The first-order chi connectivity index (χ1) is 9.96. The summed E-state index contributed by atoms with van der Waals surface area (Å²) in [5.41, 5.74) is 0. The van der Waals surface area contributed by atoms with Gasteiger partial charge in [-0.3, -0.25) is 14.6 Å². The monoisotopic (exact) mass is 297 g/mol. The lowest BCUT2D eigenvalue weighted by Crippen LogP contribution is -2.48. The molecule has 21 heavy (non-hydrogen) atoms. The highest BCUT2D eigenvalue weighted by Gasteiger charge is 2.25. The van der Waals surface area contributed by atoms with E-state index in [1.807, 2.05) is 25.7 Å². The molecule has 1 atom stereocenters. The van der Waals surface area contributed by atoms with Crippen LogP contribution in [0.25, 0.3) is 0 Å². The number of nitrogens with one attached hydrogen (secondary N) is 3. The summed E-state index contributed by atoms with van der Waals surface area (Å²) < 4.78 is 0. The lowest BCUT2D eigenvalue weighted by molar-refractivity contribution is -0.129. The van der Waals surface area contributed by atoms with Crippen LogP contribution in [-0.4, -0.2) is 61.4 Å². The third-order valence-electron chi connectivity index (χ3n) is 3.27. The highest BCUT2D eigenvalue weighted by Crippen LogP contribution is 2.10. The molecule has 1 saturated heterocycles. The van der Waals surface area contributed by atoms with Crippen molar-refractivity contribution in [3.05, 3.63) is 0 Å². The van der Waals surface area contributed by atoms with Gasteiger partial charge in [0.05, 0.1) is 6.54 Å². The molecule has 2 amide bonds. The van der Waals surface area contributed by atoms with E-state index in [-0.39, 0.29) is 30.4 Å². The van der Waals surface area contributed by atoms with Crippen molar-refractivity contribution >= 4 is 17.8 Å². The third-order valence-corrected chi connectivity index (χ3v) is 3.27. The predicted octanol–water partition coefficient (Wildman–Crippen LogP) is -0.313. The van der Waals surface area contributed by atoms with Gasteiger partial charge in [-0.2, -0.15) is 0 Å². The van der Waals surface area contributed by atoms with Gasteiger partial charge in [0.15, 0.2) is 5.96 Å². The molecule has 0 saturated carbocycles.